The van der Waals surface area contributed by atoms with Crippen LogP contribution in [0.2, 0.25) is 0 Å². The molecule has 1 fully saturated rings. The Labute approximate surface area is 154 Å². The summed E-state index contributed by atoms with van der Waals surface area (Å²) in [5, 5.41) is 4.95. The van der Waals surface area contributed by atoms with Crippen LogP contribution in [-0.4, -0.2) is 40.4 Å². The zero-order chi connectivity index (χ0) is 19.1. The lowest BCUT2D eigenvalue weighted by Crippen LogP contribution is -2.52. The first kappa shape index (κ1) is 18.4. The Morgan fingerprint density at radius 3 is 2.73 bits per heavy atom. The number of hydrogen-bond donors (Lipinski definition) is 2. The van der Waals surface area contributed by atoms with E-state index in [9.17, 15) is 19.2 Å². The number of ether oxygens (including phenoxy) is 1. The molecule has 2 aliphatic heterocycles. The summed E-state index contributed by atoms with van der Waals surface area (Å²) in [6.07, 6.45) is 0.0691. The smallest absolute Gasteiger partial charge is 0.407 e. The van der Waals surface area contributed by atoms with Gasteiger partial charge in [0.2, 0.25) is 11.8 Å². The van der Waals surface area contributed by atoms with E-state index in [1.54, 1.807) is 26.8 Å². The van der Waals surface area contributed by atoms with Crippen LogP contribution < -0.4 is 10.6 Å². The highest BCUT2D eigenvalue weighted by molar-refractivity contribution is 7.12. The molecular weight excluding hydrogens is 358 g/mol. The Morgan fingerprint density at radius 1 is 1.38 bits per heavy atom. The molecule has 26 heavy (non-hydrogen) atoms. The summed E-state index contributed by atoms with van der Waals surface area (Å²) in [4.78, 5) is 50.8. The van der Waals surface area contributed by atoms with Gasteiger partial charge < -0.3 is 15.0 Å². The molecule has 3 rings (SSSR count). The van der Waals surface area contributed by atoms with E-state index in [0.717, 1.165) is 9.75 Å². The molecule has 2 aliphatic rings. The number of rotatable bonds is 3. The van der Waals surface area contributed by atoms with E-state index in [0.29, 0.717) is 18.5 Å². The van der Waals surface area contributed by atoms with Gasteiger partial charge in [-0.2, -0.15) is 0 Å². The minimum Gasteiger partial charge on any atom is -0.444 e. The molecule has 1 aromatic rings. The predicted molar refractivity (Wildman–Crippen MR) is 93.4 cm³/mol. The minimum absolute atomic E-state index is 0.214. The first-order chi connectivity index (χ1) is 12.1. The molecule has 0 radical (unpaired) electrons. The number of alkyl carbamates (subject to hydrolysis) is 1. The van der Waals surface area contributed by atoms with Crippen molar-refractivity contribution in [1.82, 2.24) is 15.5 Å². The zero-order valence-corrected chi connectivity index (χ0v) is 15.7. The SMILES string of the molecule is CC(C)(C)OC(=O)NCc1cc2c(s1)CN(C1CCC(=O)NC1=O)C2=O. The van der Waals surface area contributed by atoms with Crippen molar-refractivity contribution in [2.75, 3.05) is 0 Å². The lowest BCUT2D eigenvalue weighted by molar-refractivity contribution is -0.136. The number of carbonyl (C=O) groups is 4. The molecule has 3 heterocycles. The van der Waals surface area contributed by atoms with Crippen LogP contribution in [0.4, 0.5) is 4.79 Å². The van der Waals surface area contributed by atoms with Gasteiger partial charge in [-0.25, -0.2) is 4.79 Å². The molecule has 0 aromatic carbocycles. The molecule has 4 amide bonds. The highest BCUT2D eigenvalue weighted by Gasteiger charge is 2.40. The molecule has 1 unspecified atom stereocenters. The van der Waals surface area contributed by atoms with Crippen LogP contribution in [0.1, 0.15) is 53.7 Å². The molecule has 1 saturated heterocycles. The fourth-order valence-electron chi connectivity index (χ4n) is 2.96. The van der Waals surface area contributed by atoms with Crippen LogP contribution in [-0.2, 0) is 27.4 Å². The van der Waals surface area contributed by atoms with Crippen molar-refractivity contribution < 1.29 is 23.9 Å². The third-order valence-electron chi connectivity index (χ3n) is 4.06. The lowest BCUT2D eigenvalue weighted by Gasteiger charge is -2.29. The summed E-state index contributed by atoms with van der Waals surface area (Å²) >= 11 is 1.42. The molecule has 0 spiro atoms. The summed E-state index contributed by atoms with van der Waals surface area (Å²) in [5.74, 6) is -0.936. The maximum atomic E-state index is 12.6. The van der Waals surface area contributed by atoms with E-state index in [1.807, 2.05) is 0 Å². The maximum Gasteiger partial charge on any atom is 0.407 e. The average molecular weight is 379 g/mol. The molecule has 0 aliphatic carbocycles. The van der Waals surface area contributed by atoms with Crippen LogP contribution in [0, 0.1) is 0 Å². The van der Waals surface area contributed by atoms with Gasteiger partial charge >= 0.3 is 6.09 Å². The third-order valence-corrected chi connectivity index (χ3v) is 5.18. The molecule has 140 valence electrons. The average Bonchev–Trinajstić information content (AvgIpc) is 3.03. The Bertz CT molecular complexity index is 780. The molecule has 0 saturated carbocycles. The molecule has 1 aromatic heterocycles. The second kappa shape index (κ2) is 6.71. The Morgan fingerprint density at radius 2 is 2.12 bits per heavy atom. The number of piperidine rings is 1. The fourth-order valence-corrected chi connectivity index (χ4v) is 4.05. The Hall–Kier alpha value is -2.42. The highest BCUT2D eigenvalue weighted by atomic mass is 32.1. The van der Waals surface area contributed by atoms with Gasteiger partial charge in [-0.05, 0) is 33.3 Å². The molecule has 2 N–H and O–H groups in total. The number of hydrogen-bond acceptors (Lipinski definition) is 6. The van der Waals surface area contributed by atoms with E-state index in [4.69, 9.17) is 4.74 Å². The monoisotopic (exact) mass is 379 g/mol. The number of amides is 4. The molecule has 9 heteroatoms. The summed E-state index contributed by atoms with van der Waals surface area (Å²) in [5.41, 5.74) is -0.0135. The van der Waals surface area contributed by atoms with Crippen molar-refractivity contribution in [3.05, 3.63) is 21.4 Å². The second-order valence-corrected chi connectivity index (χ2v) is 8.53. The standard InChI is InChI=1S/C17H21N3O5S/c1-17(2,3)25-16(24)18-7-9-6-10-12(26-9)8-20(15(10)23)11-4-5-13(21)19-14(11)22/h6,11H,4-5,7-8H2,1-3H3,(H,18,24)(H,19,21,22). The van der Waals surface area contributed by atoms with Crippen molar-refractivity contribution in [2.24, 2.45) is 0 Å². The number of imide groups is 1. The topological polar surface area (TPSA) is 105 Å². The van der Waals surface area contributed by atoms with E-state index < -0.39 is 23.6 Å². The van der Waals surface area contributed by atoms with E-state index in [1.165, 1.54) is 16.2 Å². The van der Waals surface area contributed by atoms with Crippen LogP contribution in [0.25, 0.3) is 0 Å². The molecule has 1 atom stereocenters. The predicted octanol–water partition coefficient (Wildman–Crippen LogP) is 1.53. The lowest BCUT2D eigenvalue weighted by atomic mass is 10.0. The summed E-state index contributed by atoms with van der Waals surface area (Å²) in [6.45, 7) is 5.98. The van der Waals surface area contributed by atoms with Gasteiger partial charge in [-0.15, -0.1) is 11.3 Å². The number of fused-ring (bicyclic) bond motifs is 1. The Balaban J connectivity index is 1.61. The van der Waals surface area contributed by atoms with Crippen molar-refractivity contribution in [2.45, 2.75) is 58.3 Å². The number of nitrogens with one attached hydrogen (secondary N) is 2. The second-order valence-electron chi connectivity index (χ2n) is 7.30. The quantitative estimate of drug-likeness (QED) is 0.775. The van der Waals surface area contributed by atoms with Crippen LogP contribution >= 0.6 is 11.3 Å². The van der Waals surface area contributed by atoms with Crippen LogP contribution in [0.5, 0.6) is 0 Å². The van der Waals surface area contributed by atoms with E-state index in [-0.39, 0.29) is 24.8 Å². The van der Waals surface area contributed by atoms with Gasteiger partial charge in [0, 0.05) is 16.2 Å². The summed E-state index contributed by atoms with van der Waals surface area (Å²) < 4.78 is 5.18. The van der Waals surface area contributed by atoms with Gasteiger partial charge in [0.1, 0.15) is 11.6 Å². The van der Waals surface area contributed by atoms with Gasteiger partial charge in [-0.1, -0.05) is 0 Å². The fraction of sp³-hybridized carbons (Fsp3) is 0.529. The third kappa shape index (κ3) is 3.87. The van der Waals surface area contributed by atoms with Crippen LogP contribution in [0.15, 0.2) is 6.07 Å². The van der Waals surface area contributed by atoms with Crippen molar-refractivity contribution >= 4 is 35.2 Å². The highest BCUT2D eigenvalue weighted by Crippen LogP contribution is 2.33. The summed E-state index contributed by atoms with van der Waals surface area (Å²) in [7, 11) is 0. The van der Waals surface area contributed by atoms with Gasteiger partial charge in [0.25, 0.3) is 5.91 Å². The van der Waals surface area contributed by atoms with Crippen molar-refractivity contribution in [3.8, 4) is 0 Å². The van der Waals surface area contributed by atoms with Crippen molar-refractivity contribution in [3.63, 3.8) is 0 Å². The van der Waals surface area contributed by atoms with E-state index in [2.05, 4.69) is 10.6 Å². The molecule has 0 bridgehead atoms. The minimum atomic E-state index is -0.608. The van der Waals surface area contributed by atoms with Gasteiger partial charge in [-0.3, -0.25) is 19.7 Å². The van der Waals surface area contributed by atoms with Crippen molar-refractivity contribution in [1.29, 1.82) is 0 Å². The van der Waals surface area contributed by atoms with E-state index >= 15 is 0 Å². The Kier molecular flexibility index (Phi) is 4.74. The van der Waals surface area contributed by atoms with Crippen LogP contribution in [0.3, 0.4) is 0 Å². The molecular formula is C17H21N3O5S. The molecule has 8 nitrogen and oxygen atoms in total. The van der Waals surface area contributed by atoms with Gasteiger partial charge in [0.05, 0.1) is 18.7 Å². The first-order valence-corrected chi connectivity index (χ1v) is 9.19. The number of thiophene rings is 1. The normalized spacial score (nSPS) is 20.0. The zero-order valence-electron chi connectivity index (χ0n) is 14.9. The largest absolute Gasteiger partial charge is 0.444 e. The number of nitrogens with zero attached hydrogens (tertiary/aromatic N) is 1. The van der Waals surface area contributed by atoms with Gasteiger partial charge in [0.15, 0.2) is 0 Å². The summed E-state index contributed by atoms with van der Waals surface area (Å²) in [6, 6.07) is 1.13. The first-order valence-electron chi connectivity index (χ1n) is 8.37. The number of carbonyl (C=O) groups excluding carboxylic acids is 4. The maximum absolute atomic E-state index is 12.6.